The summed E-state index contributed by atoms with van der Waals surface area (Å²) < 4.78 is 1.18. The third-order valence-corrected chi connectivity index (χ3v) is 5.56. The van der Waals surface area contributed by atoms with Gasteiger partial charge in [0.1, 0.15) is 5.52 Å². The molecule has 110 valence electrons. The van der Waals surface area contributed by atoms with Gasteiger partial charge in [0.15, 0.2) is 0 Å². The molecule has 3 heterocycles. The molecule has 3 rings (SSSR count). The molecule has 0 radical (unpaired) electrons. The molecule has 0 aliphatic heterocycles. The average Bonchev–Trinajstić information content (AvgIpc) is 3.06. The Hall–Kier alpha value is -1.50. The van der Waals surface area contributed by atoms with E-state index in [9.17, 15) is 0 Å². The van der Waals surface area contributed by atoms with Crippen LogP contribution in [0.1, 0.15) is 22.2 Å². The van der Waals surface area contributed by atoms with Gasteiger partial charge in [-0.25, -0.2) is 0 Å². The van der Waals surface area contributed by atoms with E-state index < -0.39 is 0 Å². The number of hydrogen-bond acceptors (Lipinski definition) is 6. The number of aromatic nitrogens is 2. The number of aryl methyl sites for hydroxylation is 1. The maximum atomic E-state index is 5.93. The summed E-state index contributed by atoms with van der Waals surface area (Å²) in [5.41, 5.74) is 9.19. The van der Waals surface area contributed by atoms with E-state index in [0.29, 0.717) is 0 Å². The highest BCUT2D eigenvalue weighted by Crippen LogP contribution is 2.34. The SMILES string of the molecule is Cc1c(C[C@H](C)N)sc2c(NCc3cccs3)cnnc12. The lowest BCUT2D eigenvalue weighted by molar-refractivity contribution is 0.744. The predicted molar refractivity (Wildman–Crippen MR) is 91.2 cm³/mol. The van der Waals surface area contributed by atoms with Gasteiger partial charge in [0.2, 0.25) is 0 Å². The number of nitrogens with one attached hydrogen (secondary N) is 1. The van der Waals surface area contributed by atoms with E-state index in [2.05, 4.69) is 40.0 Å². The van der Waals surface area contributed by atoms with Crippen molar-refractivity contribution in [1.82, 2.24) is 10.2 Å². The molecule has 3 aromatic rings. The van der Waals surface area contributed by atoms with Crippen LogP contribution in [0, 0.1) is 6.92 Å². The Morgan fingerprint density at radius 1 is 1.43 bits per heavy atom. The second-order valence-corrected chi connectivity index (χ2v) is 7.34. The number of hydrogen-bond donors (Lipinski definition) is 2. The van der Waals surface area contributed by atoms with Crippen molar-refractivity contribution in [2.24, 2.45) is 5.73 Å². The van der Waals surface area contributed by atoms with Gasteiger partial charge in [-0.1, -0.05) is 6.07 Å². The summed E-state index contributed by atoms with van der Waals surface area (Å²) >= 11 is 3.53. The van der Waals surface area contributed by atoms with Gasteiger partial charge in [0.05, 0.1) is 16.6 Å². The highest BCUT2D eigenvalue weighted by atomic mass is 32.1. The Labute approximate surface area is 132 Å². The lowest BCUT2D eigenvalue weighted by Gasteiger charge is -2.04. The third kappa shape index (κ3) is 3.07. The standard InChI is InChI=1S/C15H18N4S2/c1-9(16)6-13-10(2)14-15(21-13)12(8-18-19-14)17-7-11-4-3-5-20-11/h3-5,8-9H,6-7,16H2,1-2H3,(H,17,19)/t9-/m0/s1. The van der Waals surface area contributed by atoms with E-state index in [4.69, 9.17) is 5.73 Å². The van der Waals surface area contributed by atoms with Crippen molar-refractivity contribution < 1.29 is 0 Å². The summed E-state index contributed by atoms with van der Waals surface area (Å²) in [6.45, 7) is 4.96. The molecule has 0 aromatic carbocycles. The number of nitrogens with two attached hydrogens (primary N) is 1. The van der Waals surface area contributed by atoms with E-state index in [-0.39, 0.29) is 6.04 Å². The van der Waals surface area contributed by atoms with Crippen molar-refractivity contribution in [2.45, 2.75) is 32.9 Å². The van der Waals surface area contributed by atoms with Crippen molar-refractivity contribution in [3.05, 3.63) is 39.0 Å². The number of rotatable bonds is 5. The molecule has 0 fully saturated rings. The lowest BCUT2D eigenvalue weighted by atomic mass is 10.1. The van der Waals surface area contributed by atoms with Gasteiger partial charge < -0.3 is 11.1 Å². The molecule has 0 aliphatic rings. The molecule has 0 aliphatic carbocycles. The number of thiophene rings is 2. The topological polar surface area (TPSA) is 63.8 Å². The fraction of sp³-hybridized carbons (Fsp3) is 0.333. The van der Waals surface area contributed by atoms with E-state index in [1.54, 1.807) is 22.7 Å². The highest BCUT2D eigenvalue weighted by molar-refractivity contribution is 7.19. The first-order chi connectivity index (χ1) is 10.1. The minimum atomic E-state index is 0.159. The molecule has 1 atom stereocenters. The van der Waals surface area contributed by atoms with Crippen molar-refractivity contribution in [3.63, 3.8) is 0 Å². The third-order valence-electron chi connectivity index (χ3n) is 3.34. The maximum Gasteiger partial charge on any atom is 0.109 e. The summed E-state index contributed by atoms with van der Waals surface area (Å²) in [5.74, 6) is 0. The van der Waals surface area contributed by atoms with Crippen LogP contribution in [-0.2, 0) is 13.0 Å². The predicted octanol–water partition coefficient (Wildman–Crippen LogP) is 3.56. The second-order valence-electron chi connectivity index (χ2n) is 5.20. The molecule has 0 spiro atoms. The van der Waals surface area contributed by atoms with Crippen LogP contribution in [0.3, 0.4) is 0 Å². The van der Waals surface area contributed by atoms with Gasteiger partial charge in [0, 0.05) is 22.3 Å². The van der Waals surface area contributed by atoms with Crippen molar-refractivity contribution >= 4 is 38.6 Å². The Morgan fingerprint density at radius 2 is 2.29 bits per heavy atom. The Morgan fingerprint density at radius 3 is 3.00 bits per heavy atom. The van der Waals surface area contributed by atoms with Gasteiger partial charge in [-0.2, -0.15) is 5.10 Å². The highest BCUT2D eigenvalue weighted by Gasteiger charge is 2.14. The fourth-order valence-corrected chi connectivity index (χ4v) is 4.28. The van der Waals surface area contributed by atoms with Crippen LogP contribution in [0.15, 0.2) is 23.7 Å². The summed E-state index contributed by atoms with van der Waals surface area (Å²) in [6, 6.07) is 4.36. The number of fused-ring (bicyclic) bond motifs is 1. The largest absolute Gasteiger partial charge is 0.378 e. The first-order valence-electron chi connectivity index (χ1n) is 6.90. The van der Waals surface area contributed by atoms with Crippen LogP contribution in [-0.4, -0.2) is 16.2 Å². The van der Waals surface area contributed by atoms with Crippen molar-refractivity contribution in [3.8, 4) is 0 Å². The molecule has 3 N–H and O–H groups in total. The van der Waals surface area contributed by atoms with Crippen LogP contribution < -0.4 is 11.1 Å². The van der Waals surface area contributed by atoms with Crippen molar-refractivity contribution in [2.75, 3.05) is 5.32 Å². The smallest absolute Gasteiger partial charge is 0.109 e. The quantitative estimate of drug-likeness (QED) is 0.755. The maximum absolute atomic E-state index is 5.93. The van der Waals surface area contributed by atoms with Gasteiger partial charge >= 0.3 is 0 Å². The number of anilines is 1. The Balaban J connectivity index is 1.91. The molecule has 0 unspecified atom stereocenters. The molecule has 0 bridgehead atoms. The van der Waals surface area contributed by atoms with Crippen molar-refractivity contribution in [1.29, 1.82) is 0 Å². The summed E-state index contributed by atoms with van der Waals surface area (Å²) in [4.78, 5) is 2.61. The summed E-state index contributed by atoms with van der Waals surface area (Å²) in [5, 5.41) is 14.0. The normalized spacial score (nSPS) is 12.7. The van der Waals surface area contributed by atoms with E-state index >= 15 is 0 Å². The zero-order chi connectivity index (χ0) is 14.8. The Bertz CT molecular complexity index is 732. The fourth-order valence-electron chi connectivity index (χ4n) is 2.26. The minimum absolute atomic E-state index is 0.159. The summed E-state index contributed by atoms with van der Waals surface area (Å²) in [7, 11) is 0. The second kappa shape index (κ2) is 6.09. The zero-order valence-corrected chi connectivity index (χ0v) is 13.7. The zero-order valence-electron chi connectivity index (χ0n) is 12.1. The van der Waals surface area contributed by atoms with Gasteiger partial charge in [0.25, 0.3) is 0 Å². The molecule has 4 nitrogen and oxygen atoms in total. The molecule has 0 saturated heterocycles. The first-order valence-corrected chi connectivity index (χ1v) is 8.60. The minimum Gasteiger partial charge on any atom is -0.378 e. The van der Waals surface area contributed by atoms with E-state index in [1.807, 2.05) is 13.1 Å². The van der Waals surface area contributed by atoms with Gasteiger partial charge in [-0.05, 0) is 37.3 Å². The molecular formula is C15H18N4S2. The van der Waals surface area contributed by atoms with Crippen LogP contribution >= 0.6 is 22.7 Å². The van der Waals surface area contributed by atoms with Crippen LogP contribution in [0.5, 0.6) is 0 Å². The molecule has 0 saturated carbocycles. The van der Waals surface area contributed by atoms with E-state index in [1.165, 1.54) is 20.0 Å². The monoisotopic (exact) mass is 318 g/mol. The Kier molecular flexibility index (Phi) is 4.19. The van der Waals surface area contributed by atoms with Crippen LogP contribution in [0.25, 0.3) is 10.2 Å². The molecule has 21 heavy (non-hydrogen) atoms. The molecule has 3 aromatic heterocycles. The molecular weight excluding hydrogens is 300 g/mol. The average molecular weight is 318 g/mol. The summed E-state index contributed by atoms with van der Waals surface area (Å²) in [6.07, 6.45) is 2.69. The van der Waals surface area contributed by atoms with Crippen LogP contribution in [0.4, 0.5) is 5.69 Å². The van der Waals surface area contributed by atoms with Gasteiger partial charge in [-0.3, -0.25) is 0 Å². The first kappa shape index (κ1) is 14.4. The van der Waals surface area contributed by atoms with Crippen LogP contribution in [0.2, 0.25) is 0 Å². The lowest BCUT2D eigenvalue weighted by Crippen LogP contribution is -2.17. The number of nitrogens with zero attached hydrogens (tertiary/aromatic N) is 2. The van der Waals surface area contributed by atoms with Gasteiger partial charge in [-0.15, -0.1) is 27.8 Å². The van der Waals surface area contributed by atoms with E-state index in [0.717, 1.165) is 24.2 Å². The molecule has 6 heteroatoms. The molecule has 0 amide bonds.